The molecule has 6 heteroatoms. The van der Waals surface area contributed by atoms with Gasteiger partial charge in [0, 0.05) is 5.69 Å². The lowest BCUT2D eigenvalue weighted by molar-refractivity contribution is 0.463. The minimum Gasteiger partial charge on any atom is -0.399 e. The molecule has 0 aliphatic rings. The van der Waals surface area contributed by atoms with Crippen molar-refractivity contribution in [3.05, 3.63) is 23.8 Å². The molecule has 1 rings (SSSR count). The van der Waals surface area contributed by atoms with E-state index in [-0.39, 0.29) is 22.4 Å². The molecule has 0 fully saturated rings. The van der Waals surface area contributed by atoms with E-state index in [1.54, 1.807) is 6.07 Å². The van der Waals surface area contributed by atoms with Crippen molar-refractivity contribution in [3.63, 3.8) is 0 Å². The zero-order valence-corrected chi connectivity index (χ0v) is 11.5. The Morgan fingerprint density at radius 2 is 2.00 bits per heavy atom. The molecule has 0 heterocycles. The Balaban J connectivity index is 3.02. The van der Waals surface area contributed by atoms with E-state index in [9.17, 15) is 8.42 Å². The van der Waals surface area contributed by atoms with Crippen molar-refractivity contribution < 1.29 is 8.42 Å². The highest BCUT2D eigenvalue weighted by atomic mass is 32.2. The highest BCUT2D eigenvalue weighted by molar-refractivity contribution is 7.92. The van der Waals surface area contributed by atoms with Gasteiger partial charge in [-0.3, -0.25) is 4.72 Å². The molecule has 0 aliphatic heterocycles. The average molecular weight is 267 g/mol. The Kier molecular flexibility index (Phi) is 3.87. The van der Waals surface area contributed by atoms with Gasteiger partial charge in [-0.1, -0.05) is 20.8 Å². The lowest BCUT2D eigenvalue weighted by Gasteiger charge is -2.19. The summed E-state index contributed by atoms with van der Waals surface area (Å²) >= 11 is 0. The van der Waals surface area contributed by atoms with Crippen LogP contribution >= 0.6 is 0 Å². The molecule has 98 valence electrons. The van der Waals surface area contributed by atoms with Crippen LogP contribution in [-0.2, 0) is 10.0 Å². The quantitative estimate of drug-likeness (QED) is 0.818. The summed E-state index contributed by atoms with van der Waals surface area (Å²) in [5, 5.41) is 8.93. The Morgan fingerprint density at radius 3 is 2.50 bits per heavy atom. The van der Waals surface area contributed by atoms with E-state index in [1.807, 2.05) is 26.8 Å². The first-order valence-corrected chi connectivity index (χ1v) is 7.08. The molecule has 0 aromatic heterocycles. The molecule has 0 spiro atoms. The number of anilines is 2. The summed E-state index contributed by atoms with van der Waals surface area (Å²) in [6, 6.07) is 6.40. The van der Waals surface area contributed by atoms with Crippen LogP contribution in [0.2, 0.25) is 0 Å². The number of benzene rings is 1. The largest absolute Gasteiger partial charge is 0.399 e. The van der Waals surface area contributed by atoms with Crippen molar-refractivity contribution in [2.24, 2.45) is 5.41 Å². The van der Waals surface area contributed by atoms with Gasteiger partial charge in [0.25, 0.3) is 0 Å². The van der Waals surface area contributed by atoms with Crippen LogP contribution in [0.25, 0.3) is 0 Å². The van der Waals surface area contributed by atoms with Crippen LogP contribution in [0.3, 0.4) is 0 Å². The third-order valence-electron chi connectivity index (χ3n) is 2.05. The van der Waals surface area contributed by atoms with Crippen molar-refractivity contribution in [1.82, 2.24) is 0 Å². The Hall–Kier alpha value is -1.74. The fourth-order valence-electron chi connectivity index (χ4n) is 1.52. The zero-order valence-electron chi connectivity index (χ0n) is 10.7. The topological polar surface area (TPSA) is 96.0 Å². The maximum atomic E-state index is 11.9. The standard InChI is InChI=1S/C12H17N3O2S/c1-12(2,3)8-18(16,17)15-11-5-4-10(14)6-9(11)7-13/h4-6,15H,8,14H2,1-3H3. The van der Waals surface area contributed by atoms with Gasteiger partial charge in [-0.2, -0.15) is 5.26 Å². The van der Waals surface area contributed by atoms with Gasteiger partial charge < -0.3 is 5.73 Å². The van der Waals surface area contributed by atoms with Crippen molar-refractivity contribution >= 4 is 21.4 Å². The summed E-state index contributed by atoms with van der Waals surface area (Å²) in [5.41, 5.74) is 6.08. The summed E-state index contributed by atoms with van der Waals surface area (Å²) in [7, 11) is -3.48. The lowest BCUT2D eigenvalue weighted by atomic mass is 10.0. The molecular weight excluding hydrogens is 250 g/mol. The normalized spacial score (nSPS) is 11.9. The van der Waals surface area contributed by atoms with Crippen LogP contribution in [-0.4, -0.2) is 14.2 Å². The highest BCUT2D eigenvalue weighted by Crippen LogP contribution is 2.22. The van der Waals surface area contributed by atoms with Crippen LogP contribution in [0.5, 0.6) is 0 Å². The second-order valence-electron chi connectivity index (χ2n) is 5.34. The van der Waals surface area contributed by atoms with Gasteiger partial charge in [0.15, 0.2) is 0 Å². The molecule has 5 nitrogen and oxygen atoms in total. The average Bonchev–Trinajstić information content (AvgIpc) is 2.16. The molecule has 0 saturated carbocycles. The number of rotatable bonds is 3. The minimum absolute atomic E-state index is 0.0186. The maximum absolute atomic E-state index is 11.9. The van der Waals surface area contributed by atoms with Crippen molar-refractivity contribution in [1.29, 1.82) is 5.26 Å². The van der Waals surface area contributed by atoms with Crippen molar-refractivity contribution in [3.8, 4) is 6.07 Å². The molecule has 3 N–H and O–H groups in total. The number of nitrogen functional groups attached to an aromatic ring is 1. The zero-order chi connectivity index (χ0) is 14.0. The molecule has 18 heavy (non-hydrogen) atoms. The molecule has 1 aromatic rings. The van der Waals surface area contributed by atoms with E-state index in [0.29, 0.717) is 5.69 Å². The van der Waals surface area contributed by atoms with Gasteiger partial charge in [0.05, 0.1) is 17.0 Å². The van der Waals surface area contributed by atoms with Gasteiger partial charge in [-0.25, -0.2) is 8.42 Å². The fourth-order valence-corrected chi connectivity index (χ4v) is 3.24. The SMILES string of the molecule is CC(C)(C)CS(=O)(=O)Nc1ccc(N)cc1C#N. The number of hydrogen-bond donors (Lipinski definition) is 2. The number of nitrogens with two attached hydrogens (primary N) is 1. The van der Waals surface area contributed by atoms with Crippen LogP contribution in [0.4, 0.5) is 11.4 Å². The fraction of sp³-hybridized carbons (Fsp3) is 0.417. The number of hydrogen-bond acceptors (Lipinski definition) is 4. The van der Waals surface area contributed by atoms with Gasteiger partial charge in [0.2, 0.25) is 10.0 Å². The molecule has 0 aliphatic carbocycles. The van der Waals surface area contributed by atoms with Crippen molar-refractivity contribution in [2.75, 3.05) is 16.2 Å². The second-order valence-corrected chi connectivity index (χ2v) is 7.06. The van der Waals surface area contributed by atoms with Gasteiger partial charge in [-0.05, 0) is 23.6 Å². The van der Waals surface area contributed by atoms with Crippen LogP contribution in [0, 0.1) is 16.7 Å². The van der Waals surface area contributed by atoms with E-state index in [2.05, 4.69) is 4.72 Å². The van der Waals surface area contributed by atoms with Crippen molar-refractivity contribution in [2.45, 2.75) is 20.8 Å². The number of sulfonamides is 1. The van der Waals surface area contributed by atoms with E-state index in [4.69, 9.17) is 11.0 Å². The molecular formula is C12H17N3O2S. The van der Waals surface area contributed by atoms with E-state index >= 15 is 0 Å². The Labute approximate surface area is 108 Å². The summed E-state index contributed by atoms with van der Waals surface area (Å²) < 4.78 is 26.2. The Bertz CT molecular complexity index is 580. The van der Waals surface area contributed by atoms with Gasteiger partial charge >= 0.3 is 0 Å². The molecule has 0 amide bonds. The number of nitrogens with one attached hydrogen (secondary N) is 1. The first kappa shape index (κ1) is 14.3. The van der Waals surface area contributed by atoms with Crippen LogP contribution < -0.4 is 10.5 Å². The van der Waals surface area contributed by atoms with Crippen LogP contribution in [0.1, 0.15) is 26.3 Å². The van der Waals surface area contributed by atoms with E-state index < -0.39 is 10.0 Å². The van der Waals surface area contributed by atoms with Gasteiger partial charge in [-0.15, -0.1) is 0 Å². The number of nitriles is 1. The molecule has 0 radical (unpaired) electrons. The molecule has 0 bridgehead atoms. The summed E-state index contributed by atoms with van der Waals surface area (Å²) in [5.74, 6) is -0.0186. The maximum Gasteiger partial charge on any atom is 0.233 e. The predicted octanol–water partition coefficient (Wildman–Crippen LogP) is 1.93. The predicted molar refractivity (Wildman–Crippen MR) is 72.4 cm³/mol. The summed E-state index contributed by atoms with van der Waals surface area (Å²) in [4.78, 5) is 0. The first-order valence-electron chi connectivity index (χ1n) is 5.43. The van der Waals surface area contributed by atoms with E-state index in [1.165, 1.54) is 12.1 Å². The third-order valence-corrected chi connectivity index (χ3v) is 3.83. The molecule has 0 saturated heterocycles. The Morgan fingerprint density at radius 1 is 1.39 bits per heavy atom. The lowest BCUT2D eigenvalue weighted by Crippen LogP contribution is -2.26. The second kappa shape index (κ2) is 4.86. The minimum atomic E-state index is -3.48. The summed E-state index contributed by atoms with van der Waals surface area (Å²) in [6.07, 6.45) is 0. The first-order chi connectivity index (χ1) is 8.13. The molecule has 1 aromatic carbocycles. The van der Waals surface area contributed by atoms with Crippen LogP contribution in [0.15, 0.2) is 18.2 Å². The molecule has 0 atom stereocenters. The van der Waals surface area contributed by atoms with E-state index in [0.717, 1.165) is 0 Å². The highest BCUT2D eigenvalue weighted by Gasteiger charge is 2.22. The van der Waals surface area contributed by atoms with Gasteiger partial charge in [0.1, 0.15) is 6.07 Å². The smallest absolute Gasteiger partial charge is 0.233 e. The third kappa shape index (κ3) is 4.26. The molecule has 0 unspecified atom stereocenters. The summed E-state index contributed by atoms with van der Waals surface area (Å²) in [6.45, 7) is 5.50. The monoisotopic (exact) mass is 267 g/mol. The number of nitrogens with zero attached hydrogens (tertiary/aromatic N) is 1.